The second kappa shape index (κ2) is 6.57. The Hall–Kier alpha value is -2.10. The number of benzene rings is 2. The molecule has 0 aliphatic heterocycles. The molecule has 0 saturated heterocycles. The van der Waals surface area contributed by atoms with Crippen molar-refractivity contribution in [3.8, 4) is 11.3 Å². The Kier molecular flexibility index (Phi) is 4.51. The number of nitrogens with zero attached hydrogens (tertiary/aromatic N) is 1. The summed E-state index contributed by atoms with van der Waals surface area (Å²) in [7, 11) is 0. The number of fused-ring (bicyclic) bond motifs is 1. The van der Waals surface area contributed by atoms with E-state index in [-0.39, 0.29) is 0 Å². The van der Waals surface area contributed by atoms with Crippen molar-refractivity contribution in [2.75, 3.05) is 6.61 Å². The maximum absolute atomic E-state index is 12.3. The van der Waals surface area contributed by atoms with Crippen LogP contribution in [-0.4, -0.2) is 17.6 Å². The van der Waals surface area contributed by atoms with Crippen molar-refractivity contribution >= 4 is 40.1 Å². The molecular formula is C18H13Cl2NO2. The number of carbonyl (C=O) groups excluding carboxylic acids is 1. The molecule has 0 saturated carbocycles. The minimum Gasteiger partial charge on any atom is -0.462 e. The second-order valence-corrected chi connectivity index (χ2v) is 5.82. The quantitative estimate of drug-likeness (QED) is 0.597. The van der Waals surface area contributed by atoms with E-state index >= 15 is 0 Å². The lowest BCUT2D eigenvalue weighted by atomic mass is 10.0. The van der Waals surface area contributed by atoms with E-state index in [1.54, 1.807) is 43.3 Å². The van der Waals surface area contributed by atoms with Crippen molar-refractivity contribution in [2.24, 2.45) is 0 Å². The average molecular weight is 346 g/mol. The zero-order valence-corrected chi connectivity index (χ0v) is 13.9. The van der Waals surface area contributed by atoms with E-state index in [4.69, 9.17) is 27.9 Å². The molecule has 5 heteroatoms. The molecule has 1 heterocycles. The molecule has 3 aromatic rings. The van der Waals surface area contributed by atoms with Crippen LogP contribution in [0.25, 0.3) is 22.2 Å². The number of rotatable bonds is 3. The lowest BCUT2D eigenvalue weighted by Gasteiger charge is -2.10. The van der Waals surface area contributed by atoms with Crippen molar-refractivity contribution in [1.29, 1.82) is 0 Å². The van der Waals surface area contributed by atoms with Gasteiger partial charge in [0.05, 0.1) is 23.4 Å². The van der Waals surface area contributed by atoms with Crippen LogP contribution < -0.4 is 0 Å². The van der Waals surface area contributed by atoms with Crippen molar-refractivity contribution in [2.45, 2.75) is 6.92 Å². The number of esters is 1. The molecule has 23 heavy (non-hydrogen) atoms. The Bertz CT molecular complexity index is 876. The van der Waals surface area contributed by atoms with Gasteiger partial charge in [0.2, 0.25) is 0 Å². The molecule has 2 aromatic carbocycles. The van der Waals surface area contributed by atoms with E-state index in [1.165, 1.54) is 0 Å². The van der Waals surface area contributed by atoms with Crippen LogP contribution in [0.1, 0.15) is 17.3 Å². The molecule has 0 N–H and O–H groups in total. The Balaban J connectivity index is 2.22. The zero-order valence-electron chi connectivity index (χ0n) is 12.3. The summed E-state index contributed by atoms with van der Waals surface area (Å²) in [5.41, 5.74) is 2.69. The lowest BCUT2D eigenvalue weighted by molar-refractivity contribution is 0.0528. The number of hydrogen-bond donors (Lipinski definition) is 0. The first-order valence-electron chi connectivity index (χ1n) is 7.12. The number of ether oxygens (including phenoxy) is 1. The van der Waals surface area contributed by atoms with E-state index in [0.717, 1.165) is 5.56 Å². The van der Waals surface area contributed by atoms with E-state index in [2.05, 4.69) is 4.98 Å². The summed E-state index contributed by atoms with van der Waals surface area (Å²) in [4.78, 5) is 16.9. The summed E-state index contributed by atoms with van der Waals surface area (Å²) >= 11 is 12.0. The number of halogens is 2. The number of carbonyl (C=O) groups is 1. The van der Waals surface area contributed by atoms with Gasteiger partial charge in [-0.25, -0.2) is 9.78 Å². The predicted octanol–water partition coefficient (Wildman–Crippen LogP) is 5.39. The van der Waals surface area contributed by atoms with Gasteiger partial charge < -0.3 is 4.74 Å². The molecule has 0 aliphatic carbocycles. The second-order valence-electron chi connectivity index (χ2n) is 4.94. The molecule has 0 amide bonds. The van der Waals surface area contributed by atoms with E-state index < -0.39 is 5.97 Å². The average Bonchev–Trinajstić information content (AvgIpc) is 2.55. The maximum atomic E-state index is 12.3. The fourth-order valence-electron chi connectivity index (χ4n) is 2.34. The SMILES string of the molecule is CCOC(=O)c1cc(-c2ccc(Cl)cc2)nc2ccc(Cl)cc12. The summed E-state index contributed by atoms with van der Waals surface area (Å²) in [6.07, 6.45) is 0. The highest BCUT2D eigenvalue weighted by Crippen LogP contribution is 2.28. The van der Waals surface area contributed by atoms with Gasteiger partial charge >= 0.3 is 5.97 Å². The van der Waals surface area contributed by atoms with Gasteiger partial charge in [0.25, 0.3) is 0 Å². The Morgan fingerprint density at radius 2 is 1.74 bits per heavy atom. The number of aromatic nitrogens is 1. The highest BCUT2D eigenvalue weighted by atomic mass is 35.5. The minimum atomic E-state index is -0.391. The first kappa shape index (κ1) is 15.8. The molecule has 0 radical (unpaired) electrons. The summed E-state index contributed by atoms with van der Waals surface area (Å²) in [6, 6.07) is 14.3. The molecule has 0 atom stereocenters. The topological polar surface area (TPSA) is 39.2 Å². The minimum absolute atomic E-state index is 0.305. The van der Waals surface area contributed by atoms with E-state index in [0.29, 0.717) is 38.8 Å². The van der Waals surface area contributed by atoms with Crippen LogP contribution in [0.2, 0.25) is 10.0 Å². The van der Waals surface area contributed by atoms with Gasteiger partial charge in [-0.05, 0) is 43.3 Å². The van der Waals surface area contributed by atoms with Crippen LogP contribution >= 0.6 is 23.2 Å². The molecule has 0 fully saturated rings. The van der Waals surface area contributed by atoms with Gasteiger partial charge in [-0.15, -0.1) is 0 Å². The lowest BCUT2D eigenvalue weighted by Crippen LogP contribution is -2.06. The standard InChI is InChI=1S/C18H13Cl2NO2/c1-2-23-18(22)15-10-17(11-3-5-12(19)6-4-11)21-16-8-7-13(20)9-14(15)16/h3-10H,2H2,1H3. The van der Waals surface area contributed by atoms with Crippen LogP contribution in [0.3, 0.4) is 0 Å². The normalized spacial score (nSPS) is 10.7. The molecule has 0 aliphatic rings. The maximum Gasteiger partial charge on any atom is 0.338 e. The number of pyridine rings is 1. The zero-order chi connectivity index (χ0) is 16.4. The molecule has 0 unspecified atom stereocenters. The van der Waals surface area contributed by atoms with Gasteiger partial charge in [-0.1, -0.05) is 35.3 Å². The molecule has 3 rings (SSSR count). The van der Waals surface area contributed by atoms with Crippen LogP contribution in [-0.2, 0) is 4.74 Å². The Morgan fingerprint density at radius 3 is 2.43 bits per heavy atom. The third kappa shape index (κ3) is 3.31. The fourth-order valence-corrected chi connectivity index (χ4v) is 2.64. The third-order valence-corrected chi connectivity index (χ3v) is 3.89. The van der Waals surface area contributed by atoms with Crippen LogP contribution in [0.15, 0.2) is 48.5 Å². The molecule has 1 aromatic heterocycles. The first-order chi connectivity index (χ1) is 11.1. The van der Waals surface area contributed by atoms with Crippen LogP contribution in [0, 0.1) is 0 Å². The van der Waals surface area contributed by atoms with Crippen molar-refractivity contribution in [1.82, 2.24) is 4.98 Å². The highest BCUT2D eigenvalue weighted by molar-refractivity contribution is 6.31. The monoisotopic (exact) mass is 345 g/mol. The Morgan fingerprint density at radius 1 is 1.04 bits per heavy atom. The van der Waals surface area contributed by atoms with Crippen LogP contribution in [0.4, 0.5) is 0 Å². The van der Waals surface area contributed by atoms with Crippen molar-refractivity contribution < 1.29 is 9.53 Å². The Labute approximate surface area is 143 Å². The highest BCUT2D eigenvalue weighted by Gasteiger charge is 2.15. The molecule has 0 bridgehead atoms. The largest absolute Gasteiger partial charge is 0.462 e. The summed E-state index contributed by atoms with van der Waals surface area (Å²) in [6.45, 7) is 2.08. The van der Waals surface area contributed by atoms with Crippen molar-refractivity contribution in [3.63, 3.8) is 0 Å². The molecule has 116 valence electrons. The fraction of sp³-hybridized carbons (Fsp3) is 0.111. The van der Waals surface area contributed by atoms with Crippen LogP contribution in [0.5, 0.6) is 0 Å². The van der Waals surface area contributed by atoms with Gasteiger partial charge in [-0.3, -0.25) is 0 Å². The molecule has 0 spiro atoms. The summed E-state index contributed by atoms with van der Waals surface area (Å²) in [5, 5.41) is 1.87. The number of hydrogen-bond acceptors (Lipinski definition) is 3. The smallest absolute Gasteiger partial charge is 0.338 e. The van der Waals surface area contributed by atoms with Crippen molar-refractivity contribution in [3.05, 3.63) is 64.1 Å². The third-order valence-electron chi connectivity index (χ3n) is 3.41. The van der Waals surface area contributed by atoms with E-state index in [9.17, 15) is 4.79 Å². The van der Waals surface area contributed by atoms with E-state index in [1.807, 2.05) is 12.1 Å². The summed E-state index contributed by atoms with van der Waals surface area (Å²) in [5.74, 6) is -0.391. The van der Waals surface area contributed by atoms with Gasteiger partial charge in [0.15, 0.2) is 0 Å². The summed E-state index contributed by atoms with van der Waals surface area (Å²) < 4.78 is 5.15. The first-order valence-corrected chi connectivity index (χ1v) is 7.87. The van der Waals surface area contributed by atoms with Gasteiger partial charge in [0, 0.05) is 21.0 Å². The molecule has 3 nitrogen and oxygen atoms in total. The van der Waals surface area contributed by atoms with Gasteiger partial charge in [-0.2, -0.15) is 0 Å². The molecular weight excluding hydrogens is 333 g/mol. The van der Waals surface area contributed by atoms with Gasteiger partial charge in [0.1, 0.15) is 0 Å². The predicted molar refractivity (Wildman–Crippen MR) is 93.2 cm³/mol.